The fourth-order valence-electron chi connectivity index (χ4n) is 2.49. The summed E-state index contributed by atoms with van der Waals surface area (Å²) in [5.74, 6) is 0.0657. The summed E-state index contributed by atoms with van der Waals surface area (Å²) in [6.07, 6.45) is 1.64. The van der Waals surface area contributed by atoms with Gasteiger partial charge in [0.2, 0.25) is 0 Å². The number of nitrogens with zero attached hydrogens (tertiary/aromatic N) is 2. The van der Waals surface area contributed by atoms with Gasteiger partial charge >= 0.3 is 0 Å². The summed E-state index contributed by atoms with van der Waals surface area (Å²) in [4.78, 5) is 12.0. The van der Waals surface area contributed by atoms with E-state index < -0.39 is 5.91 Å². The van der Waals surface area contributed by atoms with Crippen molar-refractivity contribution in [3.63, 3.8) is 0 Å². The van der Waals surface area contributed by atoms with Crippen LogP contribution in [-0.2, 0) is 6.54 Å². The molecule has 122 valence electrons. The van der Waals surface area contributed by atoms with Crippen LogP contribution in [0.5, 0.6) is 5.75 Å². The lowest BCUT2D eigenvalue weighted by molar-refractivity contribution is 0.0952. The predicted molar refractivity (Wildman–Crippen MR) is 91.9 cm³/mol. The molecule has 0 aliphatic carbocycles. The van der Waals surface area contributed by atoms with Crippen LogP contribution in [0, 0.1) is 19.8 Å². The zero-order valence-electron chi connectivity index (χ0n) is 14.0. The molecule has 23 heavy (non-hydrogen) atoms. The summed E-state index contributed by atoms with van der Waals surface area (Å²) >= 11 is 0. The number of carbonyl (C=O) groups is 1. The minimum atomic E-state index is -0.435. The van der Waals surface area contributed by atoms with Gasteiger partial charge in [0, 0.05) is 23.5 Å². The monoisotopic (exact) mass is 313 g/mol. The molecule has 0 unspecified atom stereocenters. The van der Waals surface area contributed by atoms with Gasteiger partial charge in [-0.05, 0) is 38.0 Å². The molecular formula is C18H23N3O2. The molecule has 0 bridgehead atoms. The summed E-state index contributed by atoms with van der Waals surface area (Å²) in [5, 5.41) is 13.7. The lowest BCUT2D eigenvalue weighted by Crippen LogP contribution is -2.17. The Morgan fingerprint density at radius 2 is 2.04 bits per heavy atom. The number of hydrogen-bond donors (Lipinski definition) is 2. The average molecular weight is 313 g/mol. The molecule has 1 heterocycles. The molecular weight excluding hydrogens is 290 g/mol. The third-order valence-corrected chi connectivity index (χ3v) is 3.68. The van der Waals surface area contributed by atoms with Crippen molar-refractivity contribution in [2.45, 2.75) is 34.2 Å². The third kappa shape index (κ3) is 4.00. The van der Waals surface area contributed by atoms with Gasteiger partial charge in [0.15, 0.2) is 0 Å². The number of nitrogens with one attached hydrogen (secondary N) is 1. The molecule has 5 nitrogen and oxygen atoms in total. The van der Waals surface area contributed by atoms with Crippen molar-refractivity contribution in [1.29, 1.82) is 0 Å². The number of aryl methyl sites for hydroxylation is 1. The lowest BCUT2D eigenvalue weighted by Gasteiger charge is -2.11. The van der Waals surface area contributed by atoms with Crippen LogP contribution in [0.25, 0.3) is 0 Å². The molecule has 1 aromatic carbocycles. The maximum absolute atomic E-state index is 12.0. The Morgan fingerprint density at radius 1 is 1.35 bits per heavy atom. The summed E-state index contributed by atoms with van der Waals surface area (Å²) in [6, 6.07) is 8.43. The Balaban J connectivity index is 2.09. The topological polar surface area (TPSA) is 66.6 Å². The van der Waals surface area contributed by atoms with E-state index in [0.717, 1.165) is 17.8 Å². The first-order chi connectivity index (χ1) is 10.9. The van der Waals surface area contributed by atoms with Crippen molar-refractivity contribution in [3.8, 4) is 5.75 Å². The largest absolute Gasteiger partial charge is 0.507 e. The fraction of sp³-hybridized carbons (Fsp3) is 0.333. The van der Waals surface area contributed by atoms with Gasteiger partial charge in [-0.2, -0.15) is 5.10 Å². The smallest absolute Gasteiger partial charge is 0.275 e. The highest BCUT2D eigenvalue weighted by molar-refractivity contribution is 5.97. The van der Waals surface area contributed by atoms with Crippen molar-refractivity contribution >= 4 is 12.1 Å². The number of phenols is 1. The first-order valence-electron chi connectivity index (χ1n) is 7.68. The van der Waals surface area contributed by atoms with Crippen LogP contribution >= 0.6 is 0 Å². The van der Waals surface area contributed by atoms with E-state index in [-0.39, 0.29) is 11.3 Å². The van der Waals surface area contributed by atoms with E-state index in [0.29, 0.717) is 5.92 Å². The summed E-state index contributed by atoms with van der Waals surface area (Å²) in [5.41, 5.74) is 5.92. The molecule has 1 amide bonds. The number of hydrazone groups is 1. The SMILES string of the molecule is Cc1cc(/C=N/NC(=O)c2ccccc2O)c(C)n1CC(C)C. The van der Waals surface area contributed by atoms with Gasteiger partial charge in [-0.1, -0.05) is 26.0 Å². The van der Waals surface area contributed by atoms with Crippen LogP contribution in [0.4, 0.5) is 0 Å². The van der Waals surface area contributed by atoms with E-state index in [2.05, 4.69) is 35.9 Å². The summed E-state index contributed by atoms with van der Waals surface area (Å²) in [7, 11) is 0. The first kappa shape index (κ1) is 16.8. The highest BCUT2D eigenvalue weighted by Gasteiger charge is 2.10. The van der Waals surface area contributed by atoms with Crippen molar-refractivity contribution in [2.75, 3.05) is 0 Å². The number of amides is 1. The van der Waals surface area contributed by atoms with E-state index in [1.807, 2.05) is 13.0 Å². The molecule has 2 aromatic rings. The molecule has 2 rings (SSSR count). The van der Waals surface area contributed by atoms with Gasteiger partial charge in [-0.3, -0.25) is 4.79 Å². The quantitative estimate of drug-likeness (QED) is 0.657. The number of aromatic hydroxyl groups is 1. The van der Waals surface area contributed by atoms with Crippen LogP contribution in [0.1, 0.15) is 41.2 Å². The van der Waals surface area contributed by atoms with E-state index in [1.54, 1.807) is 24.4 Å². The lowest BCUT2D eigenvalue weighted by atomic mass is 10.2. The van der Waals surface area contributed by atoms with Crippen molar-refractivity contribution in [1.82, 2.24) is 9.99 Å². The molecule has 0 fully saturated rings. The Kier molecular flexibility index (Phi) is 5.21. The van der Waals surface area contributed by atoms with Crippen LogP contribution in [-0.4, -0.2) is 21.8 Å². The van der Waals surface area contributed by atoms with Gasteiger partial charge in [0.25, 0.3) is 5.91 Å². The highest BCUT2D eigenvalue weighted by Crippen LogP contribution is 2.16. The van der Waals surface area contributed by atoms with Crippen LogP contribution in [0.3, 0.4) is 0 Å². The average Bonchev–Trinajstić information content (AvgIpc) is 2.75. The van der Waals surface area contributed by atoms with E-state index in [1.165, 1.54) is 11.8 Å². The van der Waals surface area contributed by atoms with Crippen molar-refractivity contribution in [3.05, 3.63) is 52.8 Å². The molecule has 0 aliphatic heterocycles. The van der Waals surface area contributed by atoms with Gasteiger partial charge in [-0.25, -0.2) is 5.43 Å². The number of rotatable bonds is 5. The number of aromatic nitrogens is 1. The van der Waals surface area contributed by atoms with Crippen LogP contribution in [0.2, 0.25) is 0 Å². The minimum absolute atomic E-state index is 0.0599. The number of phenolic OH excluding ortho intramolecular Hbond substituents is 1. The van der Waals surface area contributed by atoms with Gasteiger partial charge < -0.3 is 9.67 Å². The minimum Gasteiger partial charge on any atom is -0.507 e. The van der Waals surface area contributed by atoms with E-state index in [4.69, 9.17) is 0 Å². The number of para-hydroxylation sites is 1. The Hall–Kier alpha value is -2.56. The molecule has 0 radical (unpaired) electrons. The third-order valence-electron chi connectivity index (χ3n) is 3.68. The Morgan fingerprint density at radius 3 is 2.70 bits per heavy atom. The zero-order valence-corrected chi connectivity index (χ0v) is 14.0. The second kappa shape index (κ2) is 7.13. The van der Waals surface area contributed by atoms with Gasteiger partial charge in [-0.15, -0.1) is 0 Å². The molecule has 1 aromatic heterocycles. The number of carbonyl (C=O) groups excluding carboxylic acids is 1. The summed E-state index contributed by atoms with van der Waals surface area (Å²) in [6.45, 7) is 9.42. The normalized spacial score (nSPS) is 11.3. The molecule has 0 spiro atoms. The first-order valence-corrected chi connectivity index (χ1v) is 7.68. The van der Waals surface area contributed by atoms with E-state index >= 15 is 0 Å². The fourth-order valence-corrected chi connectivity index (χ4v) is 2.49. The van der Waals surface area contributed by atoms with Gasteiger partial charge in [0.1, 0.15) is 5.75 Å². The maximum atomic E-state index is 12.0. The molecule has 0 aliphatic rings. The van der Waals surface area contributed by atoms with Gasteiger partial charge in [0.05, 0.1) is 11.8 Å². The van der Waals surface area contributed by atoms with Crippen LogP contribution < -0.4 is 5.43 Å². The molecule has 2 N–H and O–H groups in total. The Labute approximate surface area is 136 Å². The molecule has 0 atom stereocenters. The predicted octanol–water partition coefficient (Wildman–Crippen LogP) is 3.23. The second-order valence-corrected chi connectivity index (χ2v) is 6.05. The molecule has 5 heteroatoms. The molecule has 0 saturated heterocycles. The highest BCUT2D eigenvalue weighted by atomic mass is 16.3. The van der Waals surface area contributed by atoms with Crippen molar-refractivity contribution < 1.29 is 9.90 Å². The molecule has 0 saturated carbocycles. The Bertz CT molecular complexity index is 730. The number of benzene rings is 1. The zero-order chi connectivity index (χ0) is 17.0. The maximum Gasteiger partial charge on any atom is 0.275 e. The van der Waals surface area contributed by atoms with Crippen LogP contribution in [0.15, 0.2) is 35.4 Å². The second-order valence-electron chi connectivity index (χ2n) is 6.05. The standard InChI is InChI=1S/C18H23N3O2/c1-12(2)11-21-13(3)9-15(14(21)4)10-19-20-18(23)16-7-5-6-8-17(16)22/h5-10,12,22H,11H2,1-4H3,(H,20,23)/b19-10+. The van der Waals surface area contributed by atoms with Crippen molar-refractivity contribution in [2.24, 2.45) is 11.0 Å². The summed E-state index contributed by atoms with van der Waals surface area (Å²) < 4.78 is 2.25. The number of hydrogen-bond acceptors (Lipinski definition) is 3. The van der Waals surface area contributed by atoms with E-state index in [9.17, 15) is 9.90 Å².